The summed E-state index contributed by atoms with van der Waals surface area (Å²) in [7, 11) is 0. The highest BCUT2D eigenvalue weighted by Crippen LogP contribution is 2.27. The second kappa shape index (κ2) is 8.61. The number of nitrogens with one attached hydrogen (secondary N) is 2. The highest BCUT2D eigenvalue weighted by atomic mass is 35.5. The van der Waals surface area contributed by atoms with Crippen molar-refractivity contribution in [2.24, 2.45) is 0 Å². The van der Waals surface area contributed by atoms with Gasteiger partial charge in [-0.3, -0.25) is 15.7 Å². The molecule has 1 fully saturated rings. The lowest BCUT2D eigenvalue weighted by molar-refractivity contribution is -0.0674. The van der Waals surface area contributed by atoms with Crippen LogP contribution in [0.4, 0.5) is 18.0 Å². The molecule has 1 atom stereocenters. The molecule has 6 nitrogen and oxygen atoms in total. The summed E-state index contributed by atoms with van der Waals surface area (Å²) >= 11 is 5.82. The first kappa shape index (κ1) is 23.0. The van der Waals surface area contributed by atoms with Crippen LogP contribution >= 0.6 is 11.6 Å². The van der Waals surface area contributed by atoms with E-state index in [9.17, 15) is 18.0 Å². The molecule has 1 aromatic rings. The lowest BCUT2D eigenvalue weighted by atomic mass is 10.1. The third-order valence-electron chi connectivity index (χ3n) is 4.28. The van der Waals surface area contributed by atoms with Crippen LogP contribution in [0.3, 0.4) is 0 Å². The summed E-state index contributed by atoms with van der Waals surface area (Å²) in [5.74, 6) is -2.13. The summed E-state index contributed by atoms with van der Waals surface area (Å²) in [6.07, 6.45) is -4.77. The Bertz CT molecular complexity index is 775. The van der Waals surface area contributed by atoms with Gasteiger partial charge in [-0.15, -0.1) is 0 Å². The smallest absolute Gasteiger partial charge is 0.444 e. The number of rotatable bonds is 3. The highest BCUT2D eigenvalue weighted by Gasteiger charge is 2.44. The Kier molecular flexibility index (Phi) is 6.82. The number of hydrogen-bond donors (Lipinski definition) is 2. The van der Waals surface area contributed by atoms with Crippen LogP contribution in [0, 0.1) is 10.8 Å². The molecule has 1 saturated heterocycles. The molecular weight excluding hydrogens is 409 g/mol. The maximum absolute atomic E-state index is 13.3. The average molecular weight is 433 g/mol. The minimum atomic E-state index is -4.94. The lowest BCUT2D eigenvalue weighted by Gasteiger charge is -2.34. The molecule has 0 radical (unpaired) electrons. The number of hydrogen-bond acceptors (Lipinski definition) is 4. The number of carbonyl (C=O) groups excluding carboxylic acids is 1. The van der Waals surface area contributed by atoms with Gasteiger partial charge in [0.05, 0.1) is 12.6 Å². The third-order valence-corrected chi connectivity index (χ3v) is 4.53. The molecule has 1 amide bonds. The van der Waals surface area contributed by atoms with E-state index < -0.39 is 35.6 Å². The molecule has 0 bridgehead atoms. The number of amides is 1. The van der Waals surface area contributed by atoms with Crippen LogP contribution in [0.15, 0.2) is 24.3 Å². The normalized spacial score (nSPS) is 17.2. The first-order valence-electron chi connectivity index (χ1n) is 9.05. The van der Waals surface area contributed by atoms with E-state index in [0.29, 0.717) is 28.3 Å². The van der Waals surface area contributed by atoms with Crippen LogP contribution in [0.2, 0.25) is 5.02 Å². The van der Waals surface area contributed by atoms with Gasteiger partial charge in [-0.05, 0) is 51.3 Å². The summed E-state index contributed by atoms with van der Waals surface area (Å²) in [6, 6.07) is 5.22. The first-order chi connectivity index (χ1) is 13.3. The molecule has 29 heavy (non-hydrogen) atoms. The Labute approximate surface area is 172 Å². The average Bonchev–Trinajstić information content (AvgIpc) is 3.07. The molecule has 160 valence electrons. The van der Waals surface area contributed by atoms with Crippen LogP contribution in [-0.4, -0.2) is 51.9 Å². The molecule has 2 N–H and O–H groups in total. The molecule has 2 rings (SSSR count). The molecule has 1 aliphatic rings. The van der Waals surface area contributed by atoms with Crippen molar-refractivity contribution in [2.75, 3.05) is 6.54 Å². The number of ether oxygens (including phenoxy) is 1. The van der Waals surface area contributed by atoms with Gasteiger partial charge in [0.1, 0.15) is 11.4 Å². The van der Waals surface area contributed by atoms with Crippen molar-refractivity contribution in [2.45, 2.75) is 58.0 Å². The molecule has 0 aromatic heterocycles. The number of likely N-dealkylation sites (tertiary alicyclic amines) is 1. The Morgan fingerprint density at radius 3 is 2.34 bits per heavy atom. The Hall–Kier alpha value is -2.29. The Morgan fingerprint density at radius 1 is 1.24 bits per heavy atom. The van der Waals surface area contributed by atoms with Gasteiger partial charge in [0.2, 0.25) is 5.84 Å². The maximum Gasteiger partial charge on any atom is 0.449 e. The van der Waals surface area contributed by atoms with Crippen LogP contribution in [0.25, 0.3) is 0 Å². The van der Waals surface area contributed by atoms with E-state index in [1.54, 1.807) is 20.8 Å². The fourth-order valence-electron chi connectivity index (χ4n) is 2.98. The summed E-state index contributed by atoms with van der Waals surface area (Å²) in [5.41, 5.74) is -0.316. The van der Waals surface area contributed by atoms with Crippen molar-refractivity contribution in [1.82, 2.24) is 9.80 Å². The van der Waals surface area contributed by atoms with E-state index in [-0.39, 0.29) is 13.1 Å². The predicted molar refractivity (Wildman–Crippen MR) is 104 cm³/mol. The van der Waals surface area contributed by atoms with Gasteiger partial charge in [0.15, 0.2) is 0 Å². The van der Waals surface area contributed by atoms with Crippen molar-refractivity contribution >= 4 is 29.4 Å². The second-order valence-corrected chi connectivity index (χ2v) is 8.21. The predicted octanol–water partition coefficient (Wildman–Crippen LogP) is 5.06. The number of benzene rings is 1. The monoisotopic (exact) mass is 432 g/mol. The van der Waals surface area contributed by atoms with E-state index in [1.807, 2.05) is 0 Å². The lowest BCUT2D eigenvalue weighted by Crippen LogP contribution is -2.52. The number of halogens is 4. The zero-order chi connectivity index (χ0) is 22.0. The fourth-order valence-corrected chi connectivity index (χ4v) is 3.11. The standard InChI is InChI=1S/C19H24ClF3N4O2/c1-18(2,3)29-17(28)26-10-4-5-14(26)15(24)27(16(25)19(21,22)23)11-12-6-8-13(20)9-7-12/h6-9,14,24-25H,4-5,10-11H2,1-3H3/t14-/m1/s1. The molecule has 0 aliphatic carbocycles. The minimum Gasteiger partial charge on any atom is -0.444 e. The van der Waals surface area contributed by atoms with Crippen molar-refractivity contribution in [1.29, 1.82) is 10.8 Å². The molecule has 0 spiro atoms. The summed E-state index contributed by atoms with van der Waals surface area (Å²) in [5, 5.41) is 16.4. The zero-order valence-corrected chi connectivity index (χ0v) is 17.2. The zero-order valence-electron chi connectivity index (χ0n) is 16.4. The second-order valence-electron chi connectivity index (χ2n) is 7.78. The van der Waals surface area contributed by atoms with Gasteiger partial charge in [-0.1, -0.05) is 23.7 Å². The fraction of sp³-hybridized carbons (Fsp3) is 0.526. The van der Waals surface area contributed by atoms with Gasteiger partial charge >= 0.3 is 12.3 Å². The molecular formula is C19H24ClF3N4O2. The molecule has 1 aliphatic heterocycles. The number of amidine groups is 2. The van der Waals surface area contributed by atoms with Crippen molar-refractivity contribution in [3.63, 3.8) is 0 Å². The van der Waals surface area contributed by atoms with Gasteiger partial charge in [-0.25, -0.2) is 4.79 Å². The topological polar surface area (TPSA) is 80.5 Å². The minimum absolute atomic E-state index is 0.274. The molecule has 0 unspecified atom stereocenters. The molecule has 10 heteroatoms. The van der Waals surface area contributed by atoms with Crippen LogP contribution in [0.5, 0.6) is 0 Å². The van der Waals surface area contributed by atoms with Gasteiger partial charge in [-0.2, -0.15) is 13.2 Å². The summed E-state index contributed by atoms with van der Waals surface area (Å²) < 4.78 is 45.2. The van der Waals surface area contributed by atoms with Crippen LogP contribution in [-0.2, 0) is 11.3 Å². The van der Waals surface area contributed by atoms with Crippen molar-refractivity contribution in [3.05, 3.63) is 34.9 Å². The van der Waals surface area contributed by atoms with Gasteiger partial charge in [0, 0.05) is 11.6 Å². The SMILES string of the molecule is CC(C)(C)OC(=O)N1CCC[C@@H]1C(=N)N(Cc1ccc(Cl)cc1)C(=N)C(F)(F)F. The number of nitrogens with zero attached hydrogens (tertiary/aromatic N) is 2. The van der Waals surface area contributed by atoms with Crippen LogP contribution < -0.4 is 0 Å². The van der Waals surface area contributed by atoms with E-state index in [2.05, 4.69) is 0 Å². The highest BCUT2D eigenvalue weighted by molar-refractivity contribution is 6.30. The number of alkyl halides is 3. The first-order valence-corrected chi connectivity index (χ1v) is 9.43. The quantitative estimate of drug-likeness (QED) is 0.517. The van der Waals surface area contributed by atoms with Crippen LogP contribution in [0.1, 0.15) is 39.2 Å². The van der Waals surface area contributed by atoms with Crippen molar-refractivity contribution in [3.8, 4) is 0 Å². The molecule has 1 aromatic carbocycles. The summed E-state index contributed by atoms with van der Waals surface area (Å²) in [6.45, 7) is 5.00. The van der Waals surface area contributed by atoms with Crippen molar-refractivity contribution < 1.29 is 22.7 Å². The van der Waals surface area contributed by atoms with E-state index in [1.165, 1.54) is 29.2 Å². The molecule has 1 heterocycles. The summed E-state index contributed by atoms with van der Waals surface area (Å²) in [4.78, 5) is 14.3. The maximum atomic E-state index is 13.3. The van der Waals surface area contributed by atoms with E-state index in [4.69, 9.17) is 27.2 Å². The molecule has 0 saturated carbocycles. The van der Waals surface area contributed by atoms with Gasteiger partial charge < -0.3 is 9.64 Å². The van der Waals surface area contributed by atoms with E-state index >= 15 is 0 Å². The number of carbonyl (C=O) groups is 1. The Balaban J connectivity index is 2.29. The Morgan fingerprint density at radius 2 is 1.83 bits per heavy atom. The third kappa shape index (κ3) is 6.09. The van der Waals surface area contributed by atoms with Gasteiger partial charge in [0.25, 0.3) is 0 Å². The van der Waals surface area contributed by atoms with E-state index in [0.717, 1.165) is 0 Å². The largest absolute Gasteiger partial charge is 0.449 e.